The van der Waals surface area contributed by atoms with E-state index in [9.17, 15) is 4.79 Å². The van der Waals surface area contributed by atoms with Gasteiger partial charge >= 0.3 is 0 Å². The maximum absolute atomic E-state index is 14.0. The van der Waals surface area contributed by atoms with E-state index in [4.69, 9.17) is 0 Å². The zero-order valence-electron chi connectivity index (χ0n) is 20.0. The Bertz CT molecular complexity index is 1360. The molecular weight excluding hydrogens is 448 g/mol. The van der Waals surface area contributed by atoms with Gasteiger partial charge in [0.15, 0.2) is 5.50 Å². The van der Waals surface area contributed by atoms with Crippen molar-refractivity contribution in [1.82, 2.24) is 4.90 Å². The average Bonchev–Trinajstić information content (AvgIpc) is 3.19. The Balaban J connectivity index is 1.46. The third-order valence-electron chi connectivity index (χ3n) is 7.51. The van der Waals surface area contributed by atoms with Crippen molar-refractivity contribution in [3.63, 3.8) is 0 Å². The van der Waals surface area contributed by atoms with Crippen LogP contribution in [0.5, 0.6) is 0 Å². The second-order valence-electron chi connectivity index (χ2n) is 9.76. The number of thioether (sulfide) groups is 1. The van der Waals surface area contributed by atoms with Crippen molar-refractivity contribution in [2.75, 3.05) is 5.32 Å². The highest BCUT2D eigenvalue weighted by molar-refractivity contribution is 8.05. The minimum absolute atomic E-state index is 0.108. The Morgan fingerprint density at radius 2 is 1.49 bits per heavy atom. The molecule has 1 saturated heterocycles. The number of carbonyl (C=O) groups excluding carboxylic acids is 1. The monoisotopic (exact) mass is 478 g/mol. The number of benzene rings is 4. The predicted molar refractivity (Wildman–Crippen MR) is 149 cm³/mol. The summed E-state index contributed by atoms with van der Waals surface area (Å²) in [5.74, 6) is 0.658. The summed E-state index contributed by atoms with van der Waals surface area (Å²) >= 11 is 1.66. The molecule has 4 aromatic carbocycles. The Labute approximate surface area is 211 Å². The van der Waals surface area contributed by atoms with Gasteiger partial charge in [0.2, 0.25) is 0 Å². The van der Waals surface area contributed by atoms with Crippen molar-refractivity contribution in [3.05, 3.63) is 95.4 Å². The van der Waals surface area contributed by atoms with Gasteiger partial charge in [0.05, 0.1) is 4.91 Å². The van der Waals surface area contributed by atoms with Crippen LogP contribution in [0.1, 0.15) is 38.2 Å². The van der Waals surface area contributed by atoms with Crippen molar-refractivity contribution >= 4 is 51.0 Å². The summed E-state index contributed by atoms with van der Waals surface area (Å²) in [6.07, 6.45) is 6.85. The number of fused-ring (bicyclic) bond motifs is 2. The molecule has 6 rings (SSSR count). The highest BCUT2D eigenvalue weighted by Crippen LogP contribution is 2.43. The van der Waals surface area contributed by atoms with Crippen molar-refractivity contribution in [1.29, 1.82) is 0 Å². The minimum Gasteiger partial charge on any atom is -0.356 e. The maximum atomic E-state index is 14.0. The van der Waals surface area contributed by atoms with Crippen LogP contribution in [0.2, 0.25) is 0 Å². The van der Waals surface area contributed by atoms with Crippen LogP contribution in [0, 0.1) is 5.92 Å². The number of para-hydroxylation sites is 1. The molecule has 3 nitrogen and oxygen atoms in total. The van der Waals surface area contributed by atoms with Crippen LogP contribution in [0.4, 0.5) is 5.69 Å². The first-order valence-electron chi connectivity index (χ1n) is 12.6. The van der Waals surface area contributed by atoms with Gasteiger partial charge in [0.25, 0.3) is 5.91 Å². The van der Waals surface area contributed by atoms with Crippen LogP contribution in [0.25, 0.3) is 27.6 Å². The highest BCUT2D eigenvalue weighted by Gasteiger charge is 2.43. The summed E-state index contributed by atoms with van der Waals surface area (Å²) in [5.41, 5.74) is 2.07. The SMILES string of the molecule is C[C@@H]1CCCC[C@@H]1N1C(=O)/C(=C/c2c3ccccc3cc3ccccc23)SC1Nc1ccccc1. The van der Waals surface area contributed by atoms with E-state index < -0.39 is 0 Å². The van der Waals surface area contributed by atoms with Gasteiger partial charge in [0.1, 0.15) is 0 Å². The van der Waals surface area contributed by atoms with Crippen LogP contribution in [0.15, 0.2) is 89.8 Å². The van der Waals surface area contributed by atoms with Gasteiger partial charge in [0, 0.05) is 11.7 Å². The summed E-state index contributed by atoms with van der Waals surface area (Å²) in [4.78, 5) is 17.0. The number of carbonyl (C=O) groups is 1. The van der Waals surface area contributed by atoms with Crippen molar-refractivity contribution in [3.8, 4) is 0 Å². The van der Waals surface area contributed by atoms with E-state index in [2.05, 4.69) is 89.9 Å². The lowest BCUT2D eigenvalue weighted by atomic mass is 9.85. The van der Waals surface area contributed by atoms with Gasteiger partial charge in [-0.25, -0.2) is 0 Å². The molecule has 4 heteroatoms. The molecule has 0 radical (unpaired) electrons. The molecule has 0 spiro atoms. The molecule has 176 valence electrons. The molecule has 1 N–H and O–H groups in total. The Morgan fingerprint density at radius 3 is 2.17 bits per heavy atom. The third kappa shape index (κ3) is 4.21. The first-order valence-corrected chi connectivity index (χ1v) is 13.5. The highest BCUT2D eigenvalue weighted by atomic mass is 32.2. The normalized spacial score (nSPS) is 23.9. The lowest BCUT2D eigenvalue weighted by molar-refractivity contribution is -0.129. The molecule has 1 aliphatic heterocycles. The van der Waals surface area contributed by atoms with E-state index in [1.165, 1.54) is 40.8 Å². The number of rotatable bonds is 4. The molecule has 1 amide bonds. The van der Waals surface area contributed by atoms with Gasteiger partial charge in [-0.1, -0.05) is 98.3 Å². The maximum Gasteiger partial charge on any atom is 0.262 e. The summed E-state index contributed by atoms with van der Waals surface area (Å²) in [5, 5.41) is 8.42. The smallest absolute Gasteiger partial charge is 0.262 e. The molecule has 4 aromatic rings. The quantitative estimate of drug-likeness (QED) is 0.239. The zero-order valence-corrected chi connectivity index (χ0v) is 20.8. The van der Waals surface area contributed by atoms with Crippen LogP contribution < -0.4 is 5.32 Å². The number of hydrogen-bond acceptors (Lipinski definition) is 3. The number of nitrogens with zero attached hydrogens (tertiary/aromatic N) is 1. The topological polar surface area (TPSA) is 32.3 Å². The van der Waals surface area contributed by atoms with Crippen LogP contribution >= 0.6 is 11.8 Å². The van der Waals surface area contributed by atoms with Gasteiger partial charge in [-0.2, -0.15) is 0 Å². The van der Waals surface area contributed by atoms with Gasteiger partial charge < -0.3 is 10.2 Å². The van der Waals surface area contributed by atoms with Gasteiger partial charge in [-0.05, 0) is 70.1 Å². The van der Waals surface area contributed by atoms with Crippen molar-refractivity contribution in [2.45, 2.75) is 44.1 Å². The second kappa shape index (κ2) is 9.43. The Kier molecular flexibility index (Phi) is 5.99. The summed E-state index contributed by atoms with van der Waals surface area (Å²) in [6.45, 7) is 2.31. The summed E-state index contributed by atoms with van der Waals surface area (Å²) in [7, 11) is 0. The van der Waals surface area contributed by atoms with E-state index in [0.29, 0.717) is 5.92 Å². The lowest BCUT2D eigenvalue weighted by Gasteiger charge is -2.39. The third-order valence-corrected chi connectivity index (χ3v) is 8.63. The average molecular weight is 479 g/mol. The second-order valence-corrected chi connectivity index (χ2v) is 10.9. The fraction of sp³-hybridized carbons (Fsp3) is 0.258. The van der Waals surface area contributed by atoms with Crippen molar-refractivity contribution < 1.29 is 4.79 Å². The number of anilines is 1. The molecule has 35 heavy (non-hydrogen) atoms. The standard InChI is InChI=1S/C31H30N2OS/c1-21-11-5-10-18-28(21)33-30(34)29(35-31(33)32-24-14-3-2-4-15-24)20-27-25-16-8-6-12-22(25)19-23-13-7-9-17-26(23)27/h2-4,6-9,12-17,19-21,28,31-32H,5,10-11,18H2,1H3/b29-20-/t21-,28+,31?/m1/s1. The summed E-state index contributed by atoms with van der Waals surface area (Å²) in [6, 6.07) is 29.7. The Morgan fingerprint density at radius 1 is 0.857 bits per heavy atom. The Hall–Kier alpha value is -3.24. The van der Waals surface area contributed by atoms with E-state index in [1.807, 2.05) is 18.2 Å². The van der Waals surface area contributed by atoms with E-state index in [0.717, 1.165) is 22.6 Å². The number of amides is 1. The van der Waals surface area contributed by atoms with E-state index >= 15 is 0 Å². The molecule has 2 aliphatic rings. The largest absolute Gasteiger partial charge is 0.356 e. The van der Waals surface area contributed by atoms with Crippen LogP contribution in [-0.2, 0) is 4.79 Å². The fourth-order valence-electron chi connectivity index (χ4n) is 5.70. The number of hydrogen-bond donors (Lipinski definition) is 1. The van der Waals surface area contributed by atoms with Gasteiger partial charge in [-0.3, -0.25) is 4.79 Å². The molecule has 1 aliphatic carbocycles. The predicted octanol–water partition coefficient (Wildman–Crippen LogP) is 7.88. The minimum atomic E-state index is -0.108. The first-order chi connectivity index (χ1) is 17.2. The van der Waals surface area contributed by atoms with Crippen LogP contribution in [-0.4, -0.2) is 22.3 Å². The molecule has 2 fully saturated rings. The zero-order chi connectivity index (χ0) is 23.8. The molecule has 0 bridgehead atoms. The lowest BCUT2D eigenvalue weighted by Crippen LogP contribution is -2.48. The van der Waals surface area contributed by atoms with Crippen LogP contribution in [0.3, 0.4) is 0 Å². The van der Waals surface area contributed by atoms with Crippen molar-refractivity contribution in [2.24, 2.45) is 5.92 Å². The summed E-state index contributed by atoms with van der Waals surface area (Å²) < 4.78 is 0. The molecule has 1 unspecified atom stereocenters. The fourth-order valence-corrected chi connectivity index (χ4v) is 6.90. The van der Waals surface area contributed by atoms with Gasteiger partial charge in [-0.15, -0.1) is 0 Å². The molecule has 0 aromatic heterocycles. The molecule has 1 saturated carbocycles. The molecule has 3 atom stereocenters. The molecule has 1 heterocycles. The van der Waals surface area contributed by atoms with E-state index in [-0.39, 0.29) is 17.4 Å². The van der Waals surface area contributed by atoms with E-state index in [1.54, 1.807) is 11.8 Å². The number of nitrogens with one attached hydrogen (secondary N) is 1. The first kappa shape index (κ1) is 22.2. The molecular formula is C31H30N2OS.